The van der Waals surface area contributed by atoms with Crippen LogP contribution in [0, 0.1) is 0 Å². The number of alkyl halides is 2. The maximum absolute atomic E-state index is 12.3. The number of benzene rings is 1. The molecule has 0 aromatic heterocycles. The first kappa shape index (κ1) is 17.7. The third-order valence-corrected chi connectivity index (χ3v) is 3.27. The van der Waals surface area contributed by atoms with E-state index in [0.29, 0.717) is 5.56 Å². The zero-order valence-corrected chi connectivity index (χ0v) is 12.3. The molecular weight excluding hydrogens is 302 g/mol. The number of hydrogen-bond acceptors (Lipinski definition) is 3. The fourth-order valence-corrected chi connectivity index (χ4v) is 2.24. The van der Waals surface area contributed by atoms with Gasteiger partial charge in [0.1, 0.15) is 5.75 Å². The van der Waals surface area contributed by atoms with E-state index in [0.717, 1.165) is 25.8 Å². The van der Waals surface area contributed by atoms with E-state index in [2.05, 4.69) is 15.4 Å². The smallest absolute Gasteiger partial charge is 0.387 e. The monoisotopic (exact) mass is 320 g/mol. The number of para-hydroxylation sites is 1. The van der Waals surface area contributed by atoms with E-state index >= 15 is 0 Å². The fourth-order valence-electron chi connectivity index (χ4n) is 2.24. The topological polar surface area (TPSA) is 50.4 Å². The minimum Gasteiger partial charge on any atom is -0.434 e. The fraction of sp³-hybridized carbons (Fsp3) is 0.500. The molecule has 1 atom stereocenters. The number of ether oxygens (including phenoxy) is 1. The third kappa shape index (κ3) is 5.47. The van der Waals surface area contributed by atoms with Crippen LogP contribution in [-0.2, 0) is 11.3 Å². The highest BCUT2D eigenvalue weighted by molar-refractivity contribution is 5.85. The highest BCUT2D eigenvalue weighted by atomic mass is 35.5. The number of hydrogen-bond donors (Lipinski definition) is 2. The average Bonchev–Trinajstić information content (AvgIpc) is 2.46. The van der Waals surface area contributed by atoms with E-state index in [1.54, 1.807) is 18.2 Å². The Labute approximate surface area is 128 Å². The first-order valence-electron chi connectivity index (χ1n) is 6.70. The van der Waals surface area contributed by atoms with Gasteiger partial charge in [0.2, 0.25) is 5.91 Å². The zero-order valence-electron chi connectivity index (χ0n) is 11.5. The van der Waals surface area contributed by atoms with E-state index in [1.165, 1.54) is 6.07 Å². The van der Waals surface area contributed by atoms with Crippen molar-refractivity contribution in [2.75, 3.05) is 6.54 Å². The van der Waals surface area contributed by atoms with Crippen LogP contribution < -0.4 is 15.4 Å². The number of nitrogens with one attached hydrogen (secondary N) is 2. The average molecular weight is 321 g/mol. The lowest BCUT2D eigenvalue weighted by atomic mass is 10.0. The Bertz CT molecular complexity index is 454. The maximum atomic E-state index is 12.3. The minimum atomic E-state index is -2.87. The van der Waals surface area contributed by atoms with Gasteiger partial charge in [-0.25, -0.2) is 0 Å². The van der Waals surface area contributed by atoms with Crippen molar-refractivity contribution in [3.8, 4) is 5.75 Å². The Morgan fingerprint density at radius 3 is 2.81 bits per heavy atom. The van der Waals surface area contributed by atoms with E-state index in [1.807, 2.05) is 0 Å². The van der Waals surface area contributed by atoms with Gasteiger partial charge in [-0.15, -0.1) is 12.4 Å². The van der Waals surface area contributed by atoms with E-state index in [9.17, 15) is 13.6 Å². The van der Waals surface area contributed by atoms with Crippen molar-refractivity contribution in [1.82, 2.24) is 10.6 Å². The number of carbonyl (C=O) groups is 1. The first-order chi connectivity index (χ1) is 9.66. The van der Waals surface area contributed by atoms with Crippen LogP contribution in [0.4, 0.5) is 8.78 Å². The predicted molar refractivity (Wildman–Crippen MR) is 77.8 cm³/mol. The molecule has 0 aliphatic carbocycles. The van der Waals surface area contributed by atoms with Crippen LogP contribution in [0.15, 0.2) is 24.3 Å². The number of piperidine rings is 1. The van der Waals surface area contributed by atoms with E-state index in [-0.39, 0.29) is 36.7 Å². The molecule has 1 amide bonds. The molecule has 4 nitrogen and oxygen atoms in total. The van der Waals surface area contributed by atoms with Crippen molar-refractivity contribution in [2.45, 2.75) is 38.5 Å². The van der Waals surface area contributed by atoms with Crippen molar-refractivity contribution >= 4 is 18.3 Å². The molecule has 1 fully saturated rings. The molecule has 1 aromatic rings. The van der Waals surface area contributed by atoms with Gasteiger partial charge in [0.25, 0.3) is 0 Å². The summed E-state index contributed by atoms with van der Waals surface area (Å²) in [4.78, 5) is 11.9. The van der Waals surface area contributed by atoms with E-state index < -0.39 is 6.61 Å². The molecular formula is C14H19ClF2N2O2. The maximum Gasteiger partial charge on any atom is 0.387 e. The molecule has 0 radical (unpaired) electrons. The molecule has 1 aliphatic heterocycles. The Morgan fingerprint density at radius 1 is 1.38 bits per heavy atom. The molecule has 1 saturated heterocycles. The first-order valence-corrected chi connectivity index (χ1v) is 6.70. The molecule has 0 spiro atoms. The number of carbonyl (C=O) groups excluding carboxylic acids is 1. The lowest BCUT2D eigenvalue weighted by Crippen LogP contribution is -2.46. The molecule has 21 heavy (non-hydrogen) atoms. The van der Waals surface area contributed by atoms with E-state index in [4.69, 9.17) is 0 Å². The van der Waals surface area contributed by atoms with Crippen LogP contribution in [0.3, 0.4) is 0 Å². The molecule has 2 N–H and O–H groups in total. The van der Waals surface area contributed by atoms with Crippen molar-refractivity contribution in [3.63, 3.8) is 0 Å². The summed E-state index contributed by atoms with van der Waals surface area (Å²) < 4.78 is 29.0. The second kappa shape index (κ2) is 8.79. The zero-order chi connectivity index (χ0) is 14.4. The van der Waals surface area contributed by atoms with Crippen molar-refractivity contribution < 1.29 is 18.3 Å². The van der Waals surface area contributed by atoms with Crippen LogP contribution in [0.2, 0.25) is 0 Å². The predicted octanol–water partition coefficient (Wildman–Crippen LogP) is 2.47. The minimum absolute atomic E-state index is 0. The lowest BCUT2D eigenvalue weighted by molar-refractivity contribution is -0.123. The highest BCUT2D eigenvalue weighted by Gasteiger charge is 2.20. The summed E-state index contributed by atoms with van der Waals surface area (Å²) in [6, 6.07) is 6.27. The van der Waals surface area contributed by atoms with Gasteiger partial charge in [-0.05, 0) is 25.5 Å². The molecule has 1 aromatic carbocycles. The molecule has 1 heterocycles. The standard InChI is InChI=1S/C14H18F2N2O2.ClH/c15-14(16)20-12-7-2-1-5-10(12)9-18-13(19)11-6-3-4-8-17-11;/h1-2,5,7,11,14,17H,3-4,6,8-9H2,(H,18,19);1H/t11-;/m0./s1. The second-order valence-corrected chi connectivity index (χ2v) is 4.71. The second-order valence-electron chi connectivity index (χ2n) is 4.71. The Balaban J connectivity index is 0.00000220. The highest BCUT2D eigenvalue weighted by Crippen LogP contribution is 2.20. The van der Waals surface area contributed by atoms with Gasteiger partial charge in [-0.3, -0.25) is 4.79 Å². The molecule has 1 aliphatic rings. The summed E-state index contributed by atoms with van der Waals surface area (Å²) in [5.74, 6) is -0.00375. The molecule has 0 saturated carbocycles. The summed E-state index contributed by atoms with van der Waals surface area (Å²) >= 11 is 0. The van der Waals surface area contributed by atoms with Crippen LogP contribution in [0.25, 0.3) is 0 Å². The Kier molecular flexibility index (Phi) is 7.39. The lowest BCUT2D eigenvalue weighted by Gasteiger charge is -2.22. The van der Waals surface area contributed by atoms with Gasteiger partial charge in [0.05, 0.1) is 6.04 Å². The molecule has 0 unspecified atom stereocenters. The number of amides is 1. The van der Waals surface area contributed by atoms with Crippen LogP contribution >= 0.6 is 12.4 Å². The summed E-state index contributed by atoms with van der Waals surface area (Å²) in [6.45, 7) is -1.85. The number of halogens is 3. The summed E-state index contributed by atoms with van der Waals surface area (Å²) in [6.07, 6.45) is 2.91. The Morgan fingerprint density at radius 2 is 2.14 bits per heavy atom. The molecule has 2 rings (SSSR count). The summed E-state index contributed by atoms with van der Waals surface area (Å²) in [7, 11) is 0. The quantitative estimate of drug-likeness (QED) is 0.876. The molecule has 118 valence electrons. The van der Waals surface area contributed by atoms with Gasteiger partial charge < -0.3 is 15.4 Å². The summed E-state index contributed by atoms with van der Waals surface area (Å²) in [5, 5.41) is 5.89. The van der Waals surface area contributed by atoms with Gasteiger partial charge in [-0.1, -0.05) is 24.6 Å². The number of rotatable bonds is 5. The van der Waals surface area contributed by atoms with Crippen molar-refractivity contribution in [3.05, 3.63) is 29.8 Å². The Hall–Kier alpha value is -1.40. The van der Waals surface area contributed by atoms with Crippen molar-refractivity contribution in [2.24, 2.45) is 0 Å². The normalized spacial score (nSPS) is 18.0. The van der Waals surface area contributed by atoms with Crippen molar-refractivity contribution in [1.29, 1.82) is 0 Å². The van der Waals surface area contributed by atoms with Gasteiger partial charge in [-0.2, -0.15) is 8.78 Å². The van der Waals surface area contributed by atoms with Gasteiger partial charge >= 0.3 is 6.61 Å². The van der Waals surface area contributed by atoms with Crippen LogP contribution in [0.5, 0.6) is 5.75 Å². The third-order valence-electron chi connectivity index (χ3n) is 3.27. The van der Waals surface area contributed by atoms with Crippen LogP contribution in [-0.4, -0.2) is 25.1 Å². The SMILES string of the molecule is Cl.O=C(NCc1ccccc1OC(F)F)[C@@H]1CCCCN1. The molecule has 0 bridgehead atoms. The van der Waals surface area contributed by atoms with Gasteiger partial charge in [0.15, 0.2) is 0 Å². The summed E-state index contributed by atoms with van der Waals surface area (Å²) in [5.41, 5.74) is 0.539. The van der Waals surface area contributed by atoms with Gasteiger partial charge in [0, 0.05) is 12.1 Å². The molecule has 7 heteroatoms. The van der Waals surface area contributed by atoms with Crippen LogP contribution in [0.1, 0.15) is 24.8 Å². The largest absolute Gasteiger partial charge is 0.434 e.